The Kier molecular flexibility index (Phi) is 5.94. The summed E-state index contributed by atoms with van der Waals surface area (Å²) in [5.74, 6) is -0.651. The first-order valence-electron chi connectivity index (χ1n) is 8.62. The molecule has 0 aromatic heterocycles. The van der Waals surface area contributed by atoms with Crippen LogP contribution in [0.1, 0.15) is 32.6 Å². The van der Waals surface area contributed by atoms with E-state index < -0.39 is 10.4 Å². The van der Waals surface area contributed by atoms with Crippen LogP contribution in [-0.2, 0) is 10.4 Å². The van der Waals surface area contributed by atoms with Crippen LogP contribution in [0.3, 0.4) is 0 Å². The van der Waals surface area contributed by atoms with Crippen LogP contribution in [0, 0.1) is 30.6 Å². The second-order valence-corrected chi connectivity index (χ2v) is 8.56. The van der Waals surface area contributed by atoms with E-state index in [9.17, 15) is 18.5 Å². The van der Waals surface area contributed by atoms with Crippen molar-refractivity contribution in [3.05, 3.63) is 81.3 Å². The third-order valence-electron chi connectivity index (χ3n) is 4.44. The first-order valence-corrected chi connectivity index (χ1v) is 10.8. The molecule has 0 amide bonds. The molecule has 0 unspecified atom stereocenters. The van der Waals surface area contributed by atoms with Gasteiger partial charge in [-0.05, 0) is 43.7 Å². The van der Waals surface area contributed by atoms with Crippen LogP contribution in [0.15, 0.2) is 53.5 Å². The smallest absolute Gasteiger partial charge is 0.361 e. The Morgan fingerprint density at radius 1 is 1.17 bits per heavy atom. The van der Waals surface area contributed by atoms with Crippen molar-refractivity contribution < 1.29 is 21.9 Å². The van der Waals surface area contributed by atoms with Gasteiger partial charge in [0.25, 0.3) is 0 Å². The number of hydrogen-bond donors (Lipinski definition) is 2. The van der Waals surface area contributed by atoms with Crippen LogP contribution in [0.4, 0.5) is 0 Å². The minimum atomic E-state index is -4.86. The normalized spacial score (nSPS) is 15.1. The van der Waals surface area contributed by atoms with Crippen molar-refractivity contribution in [2.45, 2.75) is 13.8 Å². The molecular weight excluding hydrogens is 424 g/mol. The highest BCUT2D eigenvalue weighted by Gasteiger charge is 2.23. The summed E-state index contributed by atoms with van der Waals surface area (Å²) in [4.78, 5) is 13.6. The van der Waals surface area contributed by atoms with Crippen molar-refractivity contribution in [2.24, 2.45) is 0 Å². The number of carbonyl (C=O) groups is 1. The van der Waals surface area contributed by atoms with E-state index in [1.165, 1.54) is 25.1 Å². The Balaban J connectivity index is 2.26. The van der Waals surface area contributed by atoms with Crippen LogP contribution < -0.4 is 4.18 Å². The molecule has 152 valence electrons. The number of rotatable bonds is 5. The zero-order valence-corrected chi connectivity index (χ0v) is 17.6. The molecule has 1 heterocycles. The van der Waals surface area contributed by atoms with Gasteiger partial charge in [0.1, 0.15) is 11.8 Å². The molecule has 2 N–H and O–H groups in total. The van der Waals surface area contributed by atoms with Crippen molar-refractivity contribution in [2.75, 3.05) is 0 Å². The number of benzene rings is 2. The van der Waals surface area contributed by atoms with Crippen molar-refractivity contribution in [3.63, 3.8) is 0 Å². The summed E-state index contributed by atoms with van der Waals surface area (Å²) >= 11 is 1.07. The molecule has 1 aliphatic heterocycles. The Labute approximate surface area is 178 Å². The second kappa shape index (κ2) is 8.28. The molecule has 0 spiro atoms. The maximum atomic E-state index is 13.1. The van der Waals surface area contributed by atoms with E-state index in [0.717, 1.165) is 17.3 Å². The molecule has 2 aromatic rings. The van der Waals surface area contributed by atoms with Gasteiger partial charge in [0.05, 0.1) is 10.6 Å². The Morgan fingerprint density at radius 2 is 1.87 bits per heavy atom. The van der Waals surface area contributed by atoms with Gasteiger partial charge in [0, 0.05) is 27.2 Å². The summed E-state index contributed by atoms with van der Waals surface area (Å²) in [6.07, 6.45) is 3.13. The number of thioether (sulfide) groups is 1. The third-order valence-corrected chi connectivity index (χ3v) is 5.75. The van der Waals surface area contributed by atoms with Crippen LogP contribution in [-0.4, -0.2) is 23.8 Å². The molecule has 0 radical (unpaired) electrons. The molecule has 0 saturated carbocycles. The molecule has 9 heteroatoms. The maximum absolute atomic E-state index is 13.1. The highest BCUT2D eigenvalue weighted by molar-refractivity contribution is 8.18. The lowest BCUT2D eigenvalue weighted by atomic mass is 9.92. The second-order valence-electron chi connectivity index (χ2n) is 6.45. The molecule has 0 saturated heterocycles. The minimum Gasteiger partial charge on any atom is -0.361 e. The standard InChI is InChI=1S/C21H16N2O5S2/c1-12-5-3-4-6-15(12)21(24)14-9-16(13(2)18(10-14)28-30(25,26)27)17(11-22)19-7-8-20(23)29-19/h3-10,23H,1-2H3,(H,25,26,27). The fourth-order valence-corrected chi connectivity index (χ4v) is 4.15. The predicted molar refractivity (Wildman–Crippen MR) is 115 cm³/mol. The van der Waals surface area contributed by atoms with Gasteiger partial charge >= 0.3 is 10.4 Å². The van der Waals surface area contributed by atoms with Crippen LogP contribution in [0.2, 0.25) is 0 Å². The van der Waals surface area contributed by atoms with Gasteiger partial charge in [-0.1, -0.05) is 36.0 Å². The number of allylic oxidation sites excluding steroid dienone is 2. The molecule has 0 aliphatic carbocycles. The van der Waals surface area contributed by atoms with Gasteiger partial charge in [-0.3, -0.25) is 14.8 Å². The van der Waals surface area contributed by atoms with Crippen LogP contribution in [0.25, 0.3) is 5.57 Å². The van der Waals surface area contributed by atoms with E-state index >= 15 is 0 Å². The summed E-state index contributed by atoms with van der Waals surface area (Å²) in [5, 5.41) is 17.7. The van der Waals surface area contributed by atoms with Crippen LogP contribution >= 0.6 is 11.8 Å². The third kappa shape index (κ3) is 4.52. The van der Waals surface area contributed by atoms with Gasteiger partial charge in [0.15, 0.2) is 5.78 Å². The van der Waals surface area contributed by atoms with E-state index in [1.54, 1.807) is 37.3 Å². The van der Waals surface area contributed by atoms with E-state index in [1.807, 2.05) is 0 Å². The van der Waals surface area contributed by atoms with E-state index in [-0.39, 0.29) is 38.8 Å². The van der Waals surface area contributed by atoms with Gasteiger partial charge in [-0.2, -0.15) is 13.7 Å². The number of hydrogen-bond acceptors (Lipinski definition) is 7. The highest BCUT2D eigenvalue weighted by Crippen LogP contribution is 2.37. The summed E-state index contributed by atoms with van der Waals surface area (Å²) in [6.45, 7) is 3.29. The molecular formula is C21H16N2O5S2. The largest absolute Gasteiger partial charge is 0.446 e. The van der Waals surface area contributed by atoms with Gasteiger partial charge in [-0.15, -0.1) is 0 Å². The van der Waals surface area contributed by atoms with Crippen molar-refractivity contribution >= 4 is 38.6 Å². The summed E-state index contributed by atoms with van der Waals surface area (Å²) in [6, 6.07) is 11.7. The molecule has 30 heavy (non-hydrogen) atoms. The number of nitrogens with zero attached hydrogens (tertiary/aromatic N) is 1. The number of aryl methyl sites for hydroxylation is 1. The number of nitrogens with one attached hydrogen (secondary N) is 1. The summed E-state index contributed by atoms with van der Waals surface area (Å²) in [7, 11) is -4.86. The molecule has 0 fully saturated rings. The van der Waals surface area contributed by atoms with E-state index in [0.29, 0.717) is 10.5 Å². The van der Waals surface area contributed by atoms with E-state index in [4.69, 9.17) is 9.96 Å². The minimum absolute atomic E-state index is 0.0963. The van der Waals surface area contributed by atoms with Gasteiger partial charge in [-0.25, -0.2) is 0 Å². The Hall–Kier alpha value is -3.19. The molecule has 0 atom stereocenters. The fraction of sp³-hybridized carbons (Fsp3) is 0.0952. The number of nitriles is 1. The highest BCUT2D eigenvalue weighted by atomic mass is 32.3. The summed E-state index contributed by atoms with van der Waals surface area (Å²) < 4.78 is 36.5. The fourth-order valence-electron chi connectivity index (χ4n) is 2.98. The lowest BCUT2D eigenvalue weighted by Crippen LogP contribution is -2.11. The first-order chi connectivity index (χ1) is 14.1. The topological polar surface area (TPSA) is 128 Å². The zero-order chi connectivity index (χ0) is 22.1. The molecule has 1 aliphatic rings. The predicted octanol–water partition coefficient (Wildman–Crippen LogP) is 4.23. The zero-order valence-electron chi connectivity index (χ0n) is 16.0. The Morgan fingerprint density at radius 3 is 2.43 bits per heavy atom. The van der Waals surface area contributed by atoms with E-state index in [2.05, 4.69) is 10.3 Å². The lowest BCUT2D eigenvalue weighted by Gasteiger charge is -2.14. The maximum Gasteiger partial charge on any atom is 0.446 e. The molecule has 2 aromatic carbocycles. The lowest BCUT2D eigenvalue weighted by molar-refractivity contribution is 0.103. The van der Waals surface area contributed by atoms with Crippen molar-refractivity contribution in [1.82, 2.24) is 0 Å². The molecule has 3 rings (SSSR count). The van der Waals surface area contributed by atoms with Crippen molar-refractivity contribution in [3.8, 4) is 11.8 Å². The van der Waals surface area contributed by atoms with Crippen molar-refractivity contribution in [1.29, 1.82) is 10.7 Å². The molecule has 7 nitrogen and oxygen atoms in total. The quantitative estimate of drug-likeness (QED) is 0.404. The molecule has 0 bridgehead atoms. The summed E-state index contributed by atoms with van der Waals surface area (Å²) in [5.41, 5.74) is 1.93. The number of carbonyl (C=O) groups excluding carboxylic acids is 1. The van der Waals surface area contributed by atoms with Crippen LogP contribution in [0.5, 0.6) is 5.75 Å². The average molecular weight is 441 g/mol. The van der Waals surface area contributed by atoms with Gasteiger partial charge < -0.3 is 4.18 Å². The van der Waals surface area contributed by atoms with Gasteiger partial charge in [0.2, 0.25) is 0 Å². The first kappa shape index (κ1) is 21.5. The SMILES string of the molecule is Cc1ccccc1C(=O)c1cc(OS(=O)(=O)O)c(C)c(C(C#N)=C2C=CC(=N)S2)c1. The number of ketones is 1. The monoisotopic (exact) mass is 440 g/mol. The average Bonchev–Trinajstić information content (AvgIpc) is 3.10. The Bertz CT molecular complexity index is 1280.